The lowest BCUT2D eigenvalue weighted by Crippen LogP contribution is -2.21. The number of rotatable bonds is 8. The molecule has 0 aliphatic rings. The Kier molecular flexibility index (Phi) is 6.87. The highest BCUT2D eigenvalue weighted by molar-refractivity contribution is 5.69. The topological polar surface area (TPSA) is 47.6 Å². The van der Waals surface area contributed by atoms with Crippen LogP contribution in [-0.4, -0.2) is 32.8 Å². The second-order valence-corrected chi connectivity index (χ2v) is 3.91. The van der Waals surface area contributed by atoms with Crippen LogP contribution < -0.4 is 10.1 Å². The minimum atomic E-state index is -0.147. The van der Waals surface area contributed by atoms with E-state index in [9.17, 15) is 4.79 Å². The summed E-state index contributed by atoms with van der Waals surface area (Å²) in [5, 5.41) is 3.22. The molecule has 1 aromatic carbocycles. The second-order valence-electron chi connectivity index (χ2n) is 3.91. The van der Waals surface area contributed by atoms with E-state index in [1.54, 1.807) is 7.11 Å². The molecule has 1 rings (SSSR count). The van der Waals surface area contributed by atoms with Crippen LogP contribution in [0, 0.1) is 0 Å². The van der Waals surface area contributed by atoms with Crippen LogP contribution in [0.5, 0.6) is 5.75 Å². The van der Waals surface area contributed by atoms with Crippen molar-refractivity contribution in [2.24, 2.45) is 0 Å². The summed E-state index contributed by atoms with van der Waals surface area (Å²) < 4.78 is 10.0. The SMILES string of the molecule is CCOC(=O)CCNCCc1cccc(OC)c1. The molecule has 100 valence electrons. The molecule has 0 aromatic heterocycles. The monoisotopic (exact) mass is 251 g/mol. The van der Waals surface area contributed by atoms with Gasteiger partial charge >= 0.3 is 5.97 Å². The third-order valence-electron chi connectivity index (χ3n) is 2.54. The Hall–Kier alpha value is -1.55. The first kappa shape index (κ1) is 14.5. The van der Waals surface area contributed by atoms with Gasteiger partial charge in [-0.3, -0.25) is 4.79 Å². The van der Waals surface area contributed by atoms with E-state index in [4.69, 9.17) is 9.47 Å². The van der Waals surface area contributed by atoms with Crippen molar-refractivity contribution < 1.29 is 14.3 Å². The predicted molar refractivity (Wildman–Crippen MR) is 70.8 cm³/mol. The van der Waals surface area contributed by atoms with Gasteiger partial charge in [-0.2, -0.15) is 0 Å². The highest BCUT2D eigenvalue weighted by Crippen LogP contribution is 2.12. The maximum atomic E-state index is 11.1. The van der Waals surface area contributed by atoms with E-state index in [2.05, 4.69) is 11.4 Å². The molecular weight excluding hydrogens is 230 g/mol. The number of carbonyl (C=O) groups is 1. The molecule has 0 saturated heterocycles. The van der Waals surface area contributed by atoms with E-state index in [-0.39, 0.29) is 5.97 Å². The second kappa shape index (κ2) is 8.53. The summed E-state index contributed by atoms with van der Waals surface area (Å²) in [7, 11) is 1.66. The van der Waals surface area contributed by atoms with Crippen LogP contribution in [0.1, 0.15) is 18.9 Å². The number of nitrogens with one attached hydrogen (secondary N) is 1. The lowest BCUT2D eigenvalue weighted by molar-refractivity contribution is -0.142. The van der Waals surface area contributed by atoms with Crippen molar-refractivity contribution in [1.29, 1.82) is 0 Å². The maximum absolute atomic E-state index is 11.1. The fourth-order valence-electron chi connectivity index (χ4n) is 1.61. The van der Waals surface area contributed by atoms with E-state index in [0.717, 1.165) is 18.7 Å². The van der Waals surface area contributed by atoms with E-state index < -0.39 is 0 Å². The summed E-state index contributed by atoms with van der Waals surface area (Å²) in [6.45, 7) is 3.76. The number of benzene rings is 1. The molecule has 18 heavy (non-hydrogen) atoms. The summed E-state index contributed by atoms with van der Waals surface area (Å²) in [4.78, 5) is 11.1. The van der Waals surface area contributed by atoms with Gasteiger partial charge in [0.25, 0.3) is 0 Å². The molecule has 0 atom stereocenters. The molecule has 4 heteroatoms. The van der Waals surface area contributed by atoms with Crippen molar-refractivity contribution in [3.8, 4) is 5.75 Å². The zero-order valence-corrected chi connectivity index (χ0v) is 11.1. The quantitative estimate of drug-likeness (QED) is 0.565. The first-order valence-electron chi connectivity index (χ1n) is 6.25. The van der Waals surface area contributed by atoms with E-state index in [1.165, 1.54) is 5.56 Å². The van der Waals surface area contributed by atoms with Crippen LogP contribution in [0.25, 0.3) is 0 Å². The first-order chi connectivity index (χ1) is 8.76. The van der Waals surface area contributed by atoms with Crippen molar-refractivity contribution in [2.45, 2.75) is 19.8 Å². The van der Waals surface area contributed by atoms with Gasteiger partial charge in [0.2, 0.25) is 0 Å². The van der Waals surface area contributed by atoms with Crippen LogP contribution in [0.4, 0.5) is 0 Å². The predicted octanol–water partition coefficient (Wildman–Crippen LogP) is 1.78. The van der Waals surface area contributed by atoms with Crippen LogP contribution in [-0.2, 0) is 16.0 Å². The Morgan fingerprint density at radius 2 is 2.17 bits per heavy atom. The zero-order valence-electron chi connectivity index (χ0n) is 11.1. The minimum absolute atomic E-state index is 0.147. The average Bonchev–Trinajstić information content (AvgIpc) is 2.39. The number of ether oxygens (including phenoxy) is 2. The van der Waals surface area contributed by atoms with Gasteiger partial charge in [-0.25, -0.2) is 0 Å². The van der Waals surface area contributed by atoms with Crippen molar-refractivity contribution in [1.82, 2.24) is 5.32 Å². The molecule has 0 aliphatic carbocycles. The van der Waals surface area contributed by atoms with Crippen LogP contribution in [0.2, 0.25) is 0 Å². The number of esters is 1. The minimum Gasteiger partial charge on any atom is -0.497 e. The Balaban J connectivity index is 2.15. The van der Waals surface area contributed by atoms with Crippen molar-refractivity contribution in [3.63, 3.8) is 0 Å². The first-order valence-corrected chi connectivity index (χ1v) is 6.25. The number of hydrogen-bond acceptors (Lipinski definition) is 4. The van der Waals surface area contributed by atoms with Crippen LogP contribution in [0.15, 0.2) is 24.3 Å². The van der Waals surface area contributed by atoms with Gasteiger partial charge in [-0.15, -0.1) is 0 Å². The summed E-state index contributed by atoms with van der Waals surface area (Å²) >= 11 is 0. The zero-order chi connectivity index (χ0) is 13.2. The molecule has 0 aliphatic heterocycles. The summed E-state index contributed by atoms with van der Waals surface area (Å²) in [6.07, 6.45) is 1.34. The van der Waals surface area contributed by atoms with Crippen molar-refractivity contribution in [3.05, 3.63) is 29.8 Å². The molecule has 0 spiro atoms. The average molecular weight is 251 g/mol. The van der Waals surface area contributed by atoms with E-state index in [1.807, 2.05) is 25.1 Å². The smallest absolute Gasteiger partial charge is 0.307 e. The third kappa shape index (κ3) is 5.68. The summed E-state index contributed by atoms with van der Waals surface area (Å²) in [5.74, 6) is 0.727. The molecule has 4 nitrogen and oxygen atoms in total. The summed E-state index contributed by atoms with van der Waals surface area (Å²) in [6, 6.07) is 7.99. The lowest BCUT2D eigenvalue weighted by Gasteiger charge is -2.06. The number of carbonyl (C=O) groups excluding carboxylic acids is 1. The van der Waals surface area contributed by atoms with Gasteiger partial charge in [0, 0.05) is 6.54 Å². The fourth-order valence-corrected chi connectivity index (χ4v) is 1.61. The van der Waals surface area contributed by atoms with Crippen molar-refractivity contribution >= 4 is 5.97 Å². The molecular formula is C14H21NO3. The van der Waals surface area contributed by atoms with E-state index in [0.29, 0.717) is 19.6 Å². The molecule has 0 amide bonds. The summed E-state index contributed by atoms with van der Waals surface area (Å²) in [5.41, 5.74) is 1.22. The van der Waals surface area contributed by atoms with Gasteiger partial charge < -0.3 is 14.8 Å². The number of hydrogen-bond donors (Lipinski definition) is 1. The van der Waals surface area contributed by atoms with Gasteiger partial charge in [-0.1, -0.05) is 12.1 Å². The standard InChI is InChI=1S/C14H21NO3/c1-3-18-14(16)8-10-15-9-7-12-5-4-6-13(11-12)17-2/h4-6,11,15H,3,7-10H2,1-2H3. The van der Waals surface area contributed by atoms with Gasteiger partial charge in [0.05, 0.1) is 20.1 Å². The van der Waals surface area contributed by atoms with Gasteiger partial charge in [-0.05, 0) is 37.6 Å². The van der Waals surface area contributed by atoms with E-state index >= 15 is 0 Å². The molecule has 0 unspecified atom stereocenters. The Morgan fingerprint density at radius 3 is 2.89 bits per heavy atom. The van der Waals surface area contributed by atoms with Crippen molar-refractivity contribution in [2.75, 3.05) is 26.8 Å². The lowest BCUT2D eigenvalue weighted by atomic mass is 10.1. The Bertz CT molecular complexity index is 366. The molecule has 0 radical (unpaired) electrons. The van der Waals surface area contributed by atoms with Gasteiger partial charge in [0.1, 0.15) is 5.75 Å². The van der Waals surface area contributed by atoms with Crippen LogP contribution in [0.3, 0.4) is 0 Å². The number of methoxy groups -OCH3 is 1. The molecule has 0 fully saturated rings. The largest absolute Gasteiger partial charge is 0.497 e. The normalized spacial score (nSPS) is 10.1. The maximum Gasteiger partial charge on any atom is 0.307 e. The van der Waals surface area contributed by atoms with Gasteiger partial charge in [0.15, 0.2) is 0 Å². The highest BCUT2D eigenvalue weighted by Gasteiger charge is 2.00. The Labute approximate surface area is 108 Å². The molecule has 0 saturated carbocycles. The molecule has 1 aromatic rings. The molecule has 0 heterocycles. The Morgan fingerprint density at radius 1 is 1.33 bits per heavy atom. The third-order valence-corrected chi connectivity index (χ3v) is 2.54. The molecule has 1 N–H and O–H groups in total. The van der Waals surface area contributed by atoms with Crippen LogP contribution >= 0.6 is 0 Å². The fraction of sp³-hybridized carbons (Fsp3) is 0.500. The molecule has 0 bridgehead atoms. The highest BCUT2D eigenvalue weighted by atomic mass is 16.5.